The lowest BCUT2D eigenvalue weighted by atomic mass is 10.1. The fraction of sp³-hybridized carbons (Fsp3) is 0.133. The lowest BCUT2D eigenvalue weighted by molar-refractivity contribution is 0.0961. The second kappa shape index (κ2) is 6.49. The number of carbonyl (C=O) groups is 2. The Morgan fingerprint density at radius 1 is 1.10 bits per heavy atom. The van der Waals surface area contributed by atoms with Crippen LogP contribution in [0.5, 0.6) is 0 Å². The van der Waals surface area contributed by atoms with Crippen LogP contribution in [0.15, 0.2) is 41.1 Å². The molecule has 2 rings (SSSR count). The number of halogens is 1. The van der Waals surface area contributed by atoms with Gasteiger partial charge in [-0.05, 0) is 52.7 Å². The number of benzene rings is 1. The first kappa shape index (κ1) is 15.2. The first-order chi connectivity index (χ1) is 10.0. The molecule has 0 spiro atoms. The minimum absolute atomic E-state index is 0.197. The van der Waals surface area contributed by atoms with Crippen molar-refractivity contribution in [2.24, 2.45) is 0 Å². The van der Waals surface area contributed by atoms with Crippen molar-refractivity contribution in [3.8, 4) is 0 Å². The van der Waals surface area contributed by atoms with Crippen molar-refractivity contribution < 1.29 is 9.59 Å². The highest BCUT2D eigenvalue weighted by molar-refractivity contribution is 9.10. The molecule has 21 heavy (non-hydrogen) atoms. The van der Waals surface area contributed by atoms with E-state index in [9.17, 15) is 9.59 Å². The van der Waals surface area contributed by atoms with Crippen LogP contribution in [0.25, 0.3) is 0 Å². The van der Waals surface area contributed by atoms with Crippen LogP contribution in [-0.4, -0.2) is 23.8 Å². The van der Waals surface area contributed by atoms with Gasteiger partial charge in [0.1, 0.15) is 4.60 Å². The van der Waals surface area contributed by atoms with E-state index >= 15 is 0 Å². The number of hydrogen-bond donors (Lipinski definition) is 2. The van der Waals surface area contributed by atoms with E-state index in [0.29, 0.717) is 21.4 Å². The topological polar surface area (TPSA) is 71.1 Å². The Bertz CT molecular complexity index is 701. The molecular weight excluding hydrogens is 334 g/mol. The molecule has 0 fully saturated rings. The largest absolute Gasteiger partial charge is 0.355 e. The average molecular weight is 348 g/mol. The molecule has 1 heterocycles. The van der Waals surface area contributed by atoms with Gasteiger partial charge in [-0.15, -0.1) is 0 Å². The molecule has 5 nitrogen and oxygen atoms in total. The number of rotatable bonds is 3. The smallest absolute Gasteiger partial charge is 0.255 e. The summed E-state index contributed by atoms with van der Waals surface area (Å²) in [6, 6.07) is 8.42. The Kier molecular flexibility index (Phi) is 4.70. The molecule has 108 valence electrons. The Labute approximate surface area is 130 Å². The van der Waals surface area contributed by atoms with E-state index < -0.39 is 0 Å². The van der Waals surface area contributed by atoms with Crippen molar-refractivity contribution in [2.75, 3.05) is 12.4 Å². The molecule has 1 aromatic carbocycles. The molecular formula is C15H14BrN3O2. The van der Waals surface area contributed by atoms with Gasteiger partial charge < -0.3 is 10.6 Å². The van der Waals surface area contributed by atoms with Gasteiger partial charge in [0.25, 0.3) is 11.8 Å². The van der Waals surface area contributed by atoms with Gasteiger partial charge in [0.15, 0.2) is 0 Å². The zero-order valence-electron chi connectivity index (χ0n) is 11.6. The van der Waals surface area contributed by atoms with Crippen molar-refractivity contribution in [1.82, 2.24) is 10.3 Å². The van der Waals surface area contributed by atoms with Crippen LogP contribution in [0.1, 0.15) is 26.3 Å². The summed E-state index contributed by atoms with van der Waals surface area (Å²) in [5, 5.41) is 5.36. The molecule has 0 radical (unpaired) electrons. The number of hydrogen-bond acceptors (Lipinski definition) is 3. The molecule has 0 aliphatic heterocycles. The Hall–Kier alpha value is -2.21. The average Bonchev–Trinajstić information content (AvgIpc) is 2.48. The zero-order chi connectivity index (χ0) is 15.4. The molecule has 0 saturated carbocycles. The van der Waals surface area contributed by atoms with E-state index in [4.69, 9.17) is 0 Å². The molecule has 0 atom stereocenters. The fourth-order valence-electron chi connectivity index (χ4n) is 1.78. The van der Waals surface area contributed by atoms with Crippen molar-refractivity contribution in [3.63, 3.8) is 0 Å². The van der Waals surface area contributed by atoms with E-state index in [0.717, 1.165) is 5.56 Å². The first-order valence-corrected chi connectivity index (χ1v) is 7.06. The third kappa shape index (κ3) is 3.66. The van der Waals surface area contributed by atoms with Crippen molar-refractivity contribution in [1.29, 1.82) is 0 Å². The van der Waals surface area contributed by atoms with E-state index in [1.807, 2.05) is 6.92 Å². The predicted octanol–water partition coefficient (Wildman–Crippen LogP) is 2.76. The van der Waals surface area contributed by atoms with E-state index in [1.54, 1.807) is 43.6 Å². The number of nitrogens with zero attached hydrogens (tertiary/aromatic N) is 1. The summed E-state index contributed by atoms with van der Waals surface area (Å²) in [7, 11) is 1.56. The quantitative estimate of drug-likeness (QED) is 0.838. The Balaban J connectivity index is 2.26. The van der Waals surface area contributed by atoms with Gasteiger partial charge in [0.2, 0.25) is 0 Å². The number of aromatic nitrogens is 1. The normalized spacial score (nSPS) is 10.0. The minimum atomic E-state index is -0.254. The molecule has 1 aromatic heterocycles. The Morgan fingerprint density at radius 3 is 2.48 bits per heavy atom. The van der Waals surface area contributed by atoms with Crippen LogP contribution in [0.3, 0.4) is 0 Å². The molecule has 0 bridgehead atoms. The van der Waals surface area contributed by atoms with Crippen LogP contribution in [0.4, 0.5) is 5.69 Å². The maximum Gasteiger partial charge on any atom is 0.255 e. The minimum Gasteiger partial charge on any atom is -0.355 e. The molecule has 0 aliphatic carbocycles. The summed E-state index contributed by atoms with van der Waals surface area (Å²) < 4.78 is 0.589. The van der Waals surface area contributed by atoms with Gasteiger partial charge >= 0.3 is 0 Å². The molecule has 2 N–H and O–H groups in total. The zero-order valence-corrected chi connectivity index (χ0v) is 13.2. The number of pyridine rings is 1. The highest BCUT2D eigenvalue weighted by atomic mass is 79.9. The third-order valence-corrected chi connectivity index (χ3v) is 3.40. The van der Waals surface area contributed by atoms with Crippen LogP contribution < -0.4 is 10.6 Å². The summed E-state index contributed by atoms with van der Waals surface area (Å²) in [4.78, 5) is 27.8. The van der Waals surface area contributed by atoms with Crippen LogP contribution in [-0.2, 0) is 0 Å². The summed E-state index contributed by atoms with van der Waals surface area (Å²) in [6.07, 6.45) is 1.55. The second-order valence-corrected chi connectivity index (χ2v) is 5.24. The summed E-state index contributed by atoms with van der Waals surface area (Å²) in [5.74, 6) is -0.451. The number of carbonyl (C=O) groups excluding carboxylic acids is 2. The number of aryl methyl sites for hydroxylation is 1. The molecule has 0 saturated heterocycles. The molecule has 0 unspecified atom stereocenters. The van der Waals surface area contributed by atoms with Gasteiger partial charge in [0.05, 0.1) is 0 Å². The van der Waals surface area contributed by atoms with Gasteiger partial charge in [-0.1, -0.05) is 6.07 Å². The molecule has 6 heteroatoms. The van der Waals surface area contributed by atoms with Gasteiger partial charge in [-0.3, -0.25) is 9.59 Å². The maximum absolute atomic E-state index is 12.2. The maximum atomic E-state index is 12.2. The van der Waals surface area contributed by atoms with E-state index in [1.165, 1.54) is 0 Å². The first-order valence-electron chi connectivity index (χ1n) is 6.27. The van der Waals surface area contributed by atoms with Crippen molar-refractivity contribution >= 4 is 33.4 Å². The molecule has 2 amide bonds. The highest BCUT2D eigenvalue weighted by Crippen LogP contribution is 2.18. The van der Waals surface area contributed by atoms with Crippen molar-refractivity contribution in [3.05, 3.63) is 57.8 Å². The SMILES string of the molecule is CNC(=O)c1ccc(C)c(NC(=O)c2ccnc(Br)c2)c1. The number of anilines is 1. The number of amides is 2. The van der Waals surface area contributed by atoms with E-state index in [-0.39, 0.29) is 11.8 Å². The second-order valence-electron chi connectivity index (χ2n) is 4.43. The molecule has 0 aliphatic rings. The summed E-state index contributed by atoms with van der Waals surface area (Å²) >= 11 is 3.23. The van der Waals surface area contributed by atoms with Gasteiger partial charge in [0, 0.05) is 30.1 Å². The lowest BCUT2D eigenvalue weighted by Crippen LogP contribution is -2.19. The van der Waals surface area contributed by atoms with Crippen LogP contribution in [0.2, 0.25) is 0 Å². The van der Waals surface area contributed by atoms with Crippen LogP contribution >= 0.6 is 15.9 Å². The monoisotopic (exact) mass is 347 g/mol. The number of nitrogens with one attached hydrogen (secondary N) is 2. The van der Waals surface area contributed by atoms with Crippen LogP contribution in [0, 0.1) is 6.92 Å². The summed E-state index contributed by atoms with van der Waals surface area (Å²) in [6.45, 7) is 1.87. The summed E-state index contributed by atoms with van der Waals surface area (Å²) in [5.41, 5.74) is 2.47. The van der Waals surface area contributed by atoms with Gasteiger partial charge in [-0.2, -0.15) is 0 Å². The third-order valence-electron chi connectivity index (χ3n) is 2.96. The predicted molar refractivity (Wildman–Crippen MR) is 84.5 cm³/mol. The Morgan fingerprint density at radius 2 is 1.81 bits per heavy atom. The standard InChI is InChI=1S/C15H14BrN3O2/c1-9-3-4-10(14(20)17-2)7-12(9)19-15(21)11-5-6-18-13(16)8-11/h3-8H,1-2H3,(H,17,20)(H,19,21). The lowest BCUT2D eigenvalue weighted by Gasteiger charge is -2.10. The highest BCUT2D eigenvalue weighted by Gasteiger charge is 2.11. The van der Waals surface area contributed by atoms with E-state index in [2.05, 4.69) is 31.5 Å². The van der Waals surface area contributed by atoms with Crippen molar-refractivity contribution in [2.45, 2.75) is 6.92 Å². The van der Waals surface area contributed by atoms with Gasteiger partial charge in [-0.25, -0.2) is 4.98 Å². The fourth-order valence-corrected chi connectivity index (χ4v) is 2.15. The molecule has 2 aromatic rings.